The fourth-order valence-electron chi connectivity index (χ4n) is 2.97. The van der Waals surface area contributed by atoms with Crippen molar-refractivity contribution in [1.82, 2.24) is 15.0 Å². The van der Waals surface area contributed by atoms with E-state index in [1.165, 1.54) is 32.1 Å². The van der Waals surface area contributed by atoms with Crippen molar-refractivity contribution in [3.8, 4) is 11.4 Å². The molecule has 4 nitrogen and oxygen atoms in total. The summed E-state index contributed by atoms with van der Waals surface area (Å²) in [4.78, 5) is 13.0. The minimum Gasteiger partial charge on any atom is -0.322 e. The Morgan fingerprint density at radius 3 is 2.76 bits per heavy atom. The van der Waals surface area contributed by atoms with E-state index in [0.29, 0.717) is 16.8 Å². The summed E-state index contributed by atoms with van der Waals surface area (Å²) in [6.45, 7) is 0. The van der Waals surface area contributed by atoms with Crippen LogP contribution in [-0.2, 0) is 0 Å². The molecule has 1 aliphatic carbocycles. The third kappa shape index (κ3) is 3.39. The van der Waals surface area contributed by atoms with Crippen molar-refractivity contribution < 1.29 is 0 Å². The summed E-state index contributed by atoms with van der Waals surface area (Å²) in [5.74, 6) is 1.16. The summed E-state index contributed by atoms with van der Waals surface area (Å²) < 4.78 is 0. The Hall–Kier alpha value is -1.52. The molecule has 5 heteroatoms. The smallest absolute Gasteiger partial charge is 0.161 e. The molecular formula is C16H19ClN4. The largest absolute Gasteiger partial charge is 0.322 e. The van der Waals surface area contributed by atoms with E-state index < -0.39 is 0 Å². The number of hydrogen-bond donors (Lipinski definition) is 1. The number of nitrogens with zero attached hydrogens (tertiary/aromatic N) is 3. The van der Waals surface area contributed by atoms with E-state index >= 15 is 0 Å². The van der Waals surface area contributed by atoms with Crippen molar-refractivity contribution in [1.29, 1.82) is 0 Å². The van der Waals surface area contributed by atoms with Gasteiger partial charge in [0, 0.05) is 30.2 Å². The Labute approximate surface area is 129 Å². The van der Waals surface area contributed by atoms with E-state index in [0.717, 1.165) is 11.3 Å². The van der Waals surface area contributed by atoms with Crippen LogP contribution in [0.2, 0.25) is 5.02 Å². The van der Waals surface area contributed by atoms with Gasteiger partial charge in [0.2, 0.25) is 0 Å². The molecule has 1 saturated carbocycles. The summed E-state index contributed by atoms with van der Waals surface area (Å²) in [6, 6.07) is 3.72. The van der Waals surface area contributed by atoms with E-state index in [9.17, 15) is 0 Å². The lowest BCUT2D eigenvalue weighted by Gasteiger charge is -2.27. The predicted molar refractivity (Wildman–Crippen MR) is 83.8 cm³/mol. The number of pyridine rings is 1. The highest BCUT2D eigenvalue weighted by atomic mass is 35.5. The van der Waals surface area contributed by atoms with Gasteiger partial charge < -0.3 is 5.73 Å². The Bertz CT molecular complexity index is 611. The van der Waals surface area contributed by atoms with Gasteiger partial charge in [-0.15, -0.1) is 0 Å². The maximum Gasteiger partial charge on any atom is 0.161 e. The topological polar surface area (TPSA) is 64.7 Å². The third-order valence-electron chi connectivity index (χ3n) is 4.14. The summed E-state index contributed by atoms with van der Waals surface area (Å²) in [6.07, 6.45) is 11.3. The first-order chi connectivity index (χ1) is 10.2. The van der Waals surface area contributed by atoms with Gasteiger partial charge in [0.15, 0.2) is 5.82 Å². The van der Waals surface area contributed by atoms with Gasteiger partial charge in [-0.1, -0.05) is 30.9 Å². The molecule has 0 spiro atoms. The van der Waals surface area contributed by atoms with E-state index in [2.05, 4.69) is 15.0 Å². The molecule has 1 fully saturated rings. The van der Waals surface area contributed by atoms with Crippen molar-refractivity contribution in [3.05, 3.63) is 41.4 Å². The molecule has 0 aromatic carbocycles. The first-order valence-corrected chi connectivity index (χ1v) is 7.81. The van der Waals surface area contributed by atoms with Crippen molar-refractivity contribution >= 4 is 11.6 Å². The van der Waals surface area contributed by atoms with E-state index in [4.69, 9.17) is 17.3 Å². The monoisotopic (exact) mass is 302 g/mol. The van der Waals surface area contributed by atoms with Crippen LogP contribution in [0.25, 0.3) is 11.4 Å². The van der Waals surface area contributed by atoms with Crippen molar-refractivity contribution in [2.24, 2.45) is 11.7 Å². The summed E-state index contributed by atoms with van der Waals surface area (Å²) in [5, 5.41) is 0.582. The van der Waals surface area contributed by atoms with Gasteiger partial charge in [0.1, 0.15) is 0 Å². The Morgan fingerprint density at radius 2 is 2.00 bits per heavy atom. The fraction of sp³-hybridized carbons (Fsp3) is 0.438. The fourth-order valence-corrected chi connectivity index (χ4v) is 3.14. The highest BCUT2D eigenvalue weighted by Gasteiger charge is 2.23. The molecule has 0 aliphatic heterocycles. The Morgan fingerprint density at radius 1 is 1.19 bits per heavy atom. The van der Waals surface area contributed by atoms with Crippen LogP contribution in [0.15, 0.2) is 30.7 Å². The van der Waals surface area contributed by atoms with Gasteiger partial charge in [0.05, 0.1) is 10.7 Å². The highest BCUT2D eigenvalue weighted by molar-refractivity contribution is 6.30. The Kier molecular flexibility index (Phi) is 4.46. The molecular weight excluding hydrogens is 284 g/mol. The maximum absolute atomic E-state index is 6.41. The van der Waals surface area contributed by atoms with Gasteiger partial charge in [0.25, 0.3) is 0 Å². The molecule has 2 aromatic rings. The van der Waals surface area contributed by atoms with Crippen LogP contribution in [0.5, 0.6) is 0 Å². The molecule has 21 heavy (non-hydrogen) atoms. The minimum absolute atomic E-state index is 0.0146. The second kappa shape index (κ2) is 6.50. The number of aromatic nitrogens is 3. The molecule has 0 saturated heterocycles. The summed E-state index contributed by atoms with van der Waals surface area (Å²) in [7, 11) is 0. The lowest BCUT2D eigenvalue weighted by molar-refractivity contribution is 0.305. The number of halogens is 1. The van der Waals surface area contributed by atoms with E-state index in [1.54, 1.807) is 18.6 Å². The maximum atomic E-state index is 6.41. The minimum atomic E-state index is -0.0146. The van der Waals surface area contributed by atoms with Crippen LogP contribution in [0.1, 0.15) is 43.8 Å². The molecule has 2 aromatic heterocycles. The average molecular weight is 303 g/mol. The Balaban J connectivity index is 1.85. The van der Waals surface area contributed by atoms with E-state index in [1.807, 2.05) is 12.1 Å². The second-order valence-corrected chi connectivity index (χ2v) is 6.06. The molecule has 0 bridgehead atoms. The number of hydrogen-bond acceptors (Lipinski definition) is 4. The SMILES string of the molecule is NC(c1ccnc(-c2cncc(Cl)c2)n1)C1CCCCC1. The molecule has 110 valence electrons. The number of rotatable bonds is 3. The van der Waals surface area contributed by atoms with Gasteiger partial charge in [-0.3, -0.25) is 4.98 Å². The number of nitrogens with two attached hydrogens (primary N) is 1. The molecule has 1 atom stereocenters. The molecule has 1 unspecified atom stereocenters. The van der Waals surface area contributed by atoms with Crippen LogP contribution >= 0.6 is 11.6 Å². The van der Waals surface area contributed by atoms with Crippen LogP contribution in [0.3, 0.4) is 0 Å². The van der Waals surface area contributed by atoms with Crippen LogP contribution in [0.4, 0.5) is 0 Å². The molecule has 2 N–H and O–H groups in total. The lowest BCUT2D eigenvalue weighted by Crippen LogP contribution is -2.24. The molecule has 3 rings (SSSR count). The second-order valence-electron chi connectivity index (χ2n) is 5.62. The quantitative estimate of drug-likeness (QED) is 0.937. The third-order valence-corrected chi connectivity index (χ3v) is 4.35. The zero-order valence-electron chi connectivity index (χ0n) is 11.9. The van der Waals surface area contributed by atoms with Gasteiger partial charge in [-0.25, -0.2) is 9.97 Å². The zero-order valence-corrected chi connectivity index (χ0v) is 12.6. The molecule has 2 heterocycles. The molecule has 0 amide bonds. The molecule has 1 aliphatic rings. The van der Waals surface area contributed by atoms with Gasteiger partial charge in [-0.2, -0.15) is 0 Å². The summed E-state index contributed by atoms with van der Waals surface area (Å²) in [5.41, 5.74) is 8.14. The van der Waals surface area contributed by atoms with E-state index in [-0.39, 0.29) is 6.04 Å². The van der Waals surface area contributed by atoms with Crippen molar-refractivity contribution in [3.63, 3.8) is 0 Å². The zero-order chi connectivity index (χ0) is 14.7. The highest BCUT2D eigenvalue weighted by Crippen LogP contribution is 2.32. The van der Waals surface area contributed by atoms with Gasteiger partial charge in [-0.05, 0) is 30.9 Å². The van der Waals surface area contributed by atoms with Crippen LogP contribution in [0, 0.1) is 5.92 Å². The van der Waals surface area contributed by atoms with Crippen LogP contribution < -0.4 is 5.73 Å². The predicted octanol–water partition coefficient (Wildman–Crippen LogP) is 3.77. The van der Waals surface area contributed by atoms with Gasteiger partial charge >= 0.3 is 0 Å². The van der Waals surface area contributed by atoms with Crippen molar-refractivity contribution in [2.45, 2.75) is 38.1 Å². The average Bonchev–Trinajstić information content (AvgIpc) is 2.55. The van der Waals surface area contributed by atoms with Crippen LogP contribution in [-0.4, -0.2) is 15.0 Å². The lowest BCUT2D eigenvalue weighted by atomic mass is 9.83. The standard InChI is InChI=1S/C16H19ClN4/c17-13-8-12(9-19-10-13)16-20-7-6-14(21-16)15(18)11-4-2-1-3-5-11/h6-11,15H,1-5,18H2. The molecule has 0 radical (unpaired) electrons. The normalized spacial score (nSPS) is 17.6. The van der Waals surface area contributed by atoms with Crippen molar-refractivity contribution in [2.75, 3.05) is 0 Å². The first kappa shape index (κ1) is 14.4. The summed E-state index contributed by atoms with van der Waals surface area (Å²) >= 11 is 5.98. The first-order valence-electron chi connectivity index (χ1n) is 7.43.